The van der Waals surface area contributed by atoms with Crippen LogP contribution in [0.5, 0.6) is 0 Å². The first-order chi connectivity index (χ1) is 11.8. The maximum atomic E-state index is 12.7. The van der Waals surface area contributed by atoms with Gasteiger partial charge in [-0.2, -0.15) is 0 Å². The Balaban J connectivity index is 1.57. The Morgan fingerprint density at radius 1 is 1.08 bits per heavy atom. The molecular weight excluding hydrogens is 300 g/mol. The number of nitrogens with zero attached hydrogens (tertiary/aromatic N) is 3. The van der Waals surface area contributed by atoms with E-state index in [0.29, 0.717) is 13.0 Å². The summed E-state index contributed by atoms with van der Waals surface area (Å²) in [5.74, 6) is 0.0562. The van der Waals surface area contributed by atoms with Crippen molar-refractivity contribution in [2.24, 2.45) is 0 Å². The second kappa shape index (κ2) is 8.15. The van der Waals surface area contributed by atoms with Gasteiger partial charge in [-0.3, -0.25) is 4.79 Å². The highest BCUT2D eigenvalue weighted by Gasteiger charge is 2.19. The predicted molar refractivity (Wildman–Crippen MR) is 93.5 cm³/mol. The van der Waals surface area contributed by atoms with Crippen LogP contribution in [0.3, 0.4) is 0 Å². The zero-order valence-electron chi connectivity index (χ0n) is 13.6. The summed E-state index contributed by atoms with van der Waals surface area (Å²) in [6, 6.07) is 13.8. The van der Waals surface area contributed by atoms with Gasteiger partial charge in [0.1, 0.15) is 6.04 Å². The normalized spacial score (nSPS) is 12.0. The number of aromatic nitrogens is 3. The lowest BCUT2D eigenvalue weighted by atomic mass is 10.1. The molecular formula is C19H22N4O. The molecule has 3 rings (SSSR count). The minimum absolute atomic E-state index is 0.0562. The molecule has 0 radical (unpaired) electrons. The standard InChI is InChI=1S/C19H22N4O/c24-19(21-9-6-11-22-14-10-20-16-22)18(23-12-4-5-13-23)15-17-7-2-1-3-8-17/h1-5,7-8,10,12-14,16,18H,6,9,11,15H2,(H,21,24)/t18-/m1/s1. The van der Waals surface area contributed by atoms with Gasteiger partial charge in [-0.1, -0.05) is 30.3 Å². The molecule has 0 bridgehead atoms. The molecule has 0 unspecified atom stereocenters. The van der Waals surface area contributed by atoms with Gasteiger partial charge in [-0.05, 0) is 24.1 Å². The summed E-state index contributed by atoms with van der Waals surface area (Å²) in [6.07, 6.45) is 10.9. The Bertz CT molecular complexity index is 720. The van der Waals surface area contributed by atoms with E-state index in [2.05, 4.69) is 22.4 Å². The van der Waals surface area contributed by atoms with Crippen LogP contribution in [0, 0.1) is 0 Å². The lowest BCUT2D eigenvalue weighted by Crippen LogP contribution is -2.34. The van der Waals surface area contributed by atoms with Crippen molar-refractivity contribution >= 4 is 5.91 Å². The minimum atomic E-state index is -0.226. The van der Waals surface area contributed by atoms with Crippen LogP contribution in [0.15, 0.2) is 73.6 Å². The fourth-order valence-electron chi connectivity index (χ4n) is 2.74. The summed E-state index contributed by atoms with van der Waals surface area (Å²) < 4.78 is 3.98. The lowest BCUT2D eigenvalue weighted by molar-refractivity contribution is -0.124. The molecule has 0 fully saturated rings. The van der Waals surface area contributed by atoms with E-state index in [0.717, 1.165) is 18.5 Å². The average molecular weight is 322 g/mol. The summed E-state index contributed by atoms with van der Waals surface area (Å²) in [5, 5.41) is 3.06. The van der Waals surface area contributed by atoms with Gasteiger partial charge >= 0.3 is 0 Å². The van der Waals surface area contributed by atoms with E-state index in [9.17, 15) is 4.79 Å². The zero-order chi connectivity index (χ0) is 16.6. The van der Waals surface area contributed by atoms with Gasteiger partial charge in [0.15, 0.2) is 0 Å². The van der Waals surface area contributed by atoms with Gasteiger partial charge in [0.2, 0.25) is 5.91 Å². The molecule has 0 saturated heterocycles. The van der Waals surface area contributed by atoms with E-state index in [1.54, 1.807) is 12.5 Å². The van der Waals surface area contributed by atoms with Gasteiger partial charge in [-0.25, -0.2) is 4.98 Å². The first kappa shape index (κ1) is 16.1. The van der Waals surface area contributed by atoms with Crippen molar-refractivity contribution in [2.75, 3.05) is 6.54 Å². The Hall–Kier alpha value is -2.82. The summed E-state index contributed by atoms with van der Waals surface area (Å²) in [6.45, 7) is 1.51. The van der Waals surface area contributed by atoms with E-state index in [1.807, 2.05) is 58.1 Å². The molecule has 2 aromatic heterocycles. The molecule has 0 saturated carbocycles. The van der Waals surface area contributed by atoms with Crippen molar-refractivity contribution in [1.82, 2.24) is 19.4 Å². The fourth-order valence-corrected chi connectivity index (χ4v) is 2.74. The first-order valence-electron chi connectivity index (χ1n) is 8.23. The third-order valence-corrected chi connectivity index (χ3v) is 4.01. The maximum Gasteiger partial charge on any atom is 0.243 e. The van der Waals surface area contributed by atoms with Gasteiger partial charge in [0.25, 0.3) is 0 Å². The Morgan fingerprint density at radius 2 is 1.88 bits per heavy atom. The van der Waals surface area contributed by atoms with Crippen LogP contribution < -0.4 is 5.32 Å². The van der Waals surface area contributed by atoms with Crippen molar-refractivity contribution in [2.45, 2.75) is 25.4 Å². The van der Waals surface area contributed by atoms with Gasteiger partial charge in [0, 0.05) is 44.3 Å². The van der Waals surface area contributed by atoms with Crippen molar-refractivity contribution < 1.29 is 4.79 Å². The van der Waals surface area contributed by atoms with Crippen LogP contribution >= 0.6 is 0 Å². The number of aryl methyl sites for hydroxylation is 1. The van der Waals surface area contributed by atoms with Gasteiger partial charge in [-0.15, -0.1) is 0 Å². The van der Waals surface area contributed by atoms with Crippen LogP contribution in [0.2, 0.25) is 0 Å². The highest BCUT2D eigenvalue weighted by atomic mass is 16.2. The Morgan fingerprint density at radius 3 is 2.58 bits per heavy atom. The molecule has 1 atom stereocenters. The highest BCUT2D eigenvalue weighted by molar-refractivity contribution is 5.80. The number of carbonyl (C=O) groups is 1. The van der Waals surface area contributed by atoms with E-state index >= 15 is 0 Å². The van der Waals surface area contributed by atoms with Crippen LogP contribution in [-0.4, -0.2) is 26.6 Å². The smallest absolute Gasteiger partial charge is 0.243 e. The van der Waals surface area contributed by atoms with Gasteiger partial charge < -0.3 is 14.5 Å². The molecule has 5 heteroatoms. The molecule has 5 nitrogen and oxygen atoms in total. The molecule has 1 amide bonds. The lowest BCUT2D eigenvalue weighted by Gasteiger charge is -2.19. The summed E-state index contributed by atoms with van der Waals surface area (Å²) in [4.78, 5) is 16.7. The monoisotopic (exact) mass is 322 g/mol. The first-order valence-corrected chi connectivity index (χ1v) is 8.23. The van der Waals surface area contributed by atoms with Crippen molar-refractivity contribution in [3.8, 4) is 0 Å². The largest absolute Gasteiger partial charge is 0.354 e. The number of amides is 1. The molecule has 124 valence electrons. The minimum Gasteiger partial charge on any atom is -0.354 e. The highest BCUT2D eigenvalue weighted by Crippen LogP contribution is 2.15. The van der Waals surface area contributed by atoms with E-state index in [1.165, 1.54) is 0 Å². The van der Waals surface area contributed by atoms with Crippen LogP contribution in [0.4, 0.5) is 0 Å². The second-order valence-corrected chi connectivity index (χ2v) is 5.78. The quantitative estimate of drug-likeness (QED) is 0.648. The number of carbonyl (C=O) groups excluding carboxylic acids is 1. The topological polar surface area (TPSA) is 51.9 Å². The van der Waals surface area contributed by atoms with Crippen LogP contribution in [-0.2, 0) is 17.8 Å². The van der Waals surface area contributed by atoms with Crippen LogP contribution in [0.25, 0.3) is 0 Å². The summed E-state index contributed by atoms with van der Waals surface area (Å²) in [7, 11) is 0. The van der Waals surface area contributed by atoms with Gasteiger partial charge in [0.05, 0.1) is 6.33 Å². The zero-order valence-corrected chi connectivity index (χ0v) is 13.6. The van der Waals surface area contributed by atoms with Crippen molar-refractivity contribution in [1.29, 1.82) is 0 Å². The van der Waals surface area contributed by atoms with Crippen molar-refractivity contribution in [3.05, 3.63) is 79.1 Å². The second-order valence-electron chi connectivity index (χ2n) is 5.78. The molecule has 0 aliphatic carbocycles. The van der Waals surface area contributed by atoms with Crippen LogP contribution in [0.1, 0.15) is 18.0 Å². The molecule has 24 heavy (non-hydrogen) atoms. The number of hydrogen-bond donors (Lipinski definition) is 1. The third kappa shape index (κ3) is 4.35. The average Bonchev–Trinajstić information content (AvgIpc) is 3.31. The number of hydrogen-bond acceptors (Lipinski definition) is 2. The number of imidazole rings is 1. The number of nitrogens with one attached hydrogen (secondary N) is 1. The molecule has 0 aliphatic rings. The third-order valence-electron chi connectivity index (χ3n) is 4.01. The molecule has 2 heterocycles. The van der Waals surface area contributed by atoms with E-state index in [-0.39, 0.29) is 11.9 Å². The maximum absolute atomic E-state index is 12.7. The fraction of sp³-hybridized carbons (Fsp3) is 0.263. The Labute approximate surface area is 142 Å². The Kier molecular flexibility index (Phi) is 5.45. The van der Waals surface area contributed by atoms with E-state index in [4.69, 9.17) is 0 Å². The molecule has 1 N–H and O–H groups in total. The summed E-state index contributed by atoms with van der Waals surface area (Å²) >= 11 is 0. The molecule has 1 aromatic carbocycles. The number of benzene rings is 1. The van der Waals surface area contributed by atoms with Crippen molar-refractivity contribution in [3.63, 3.8) is 0 Å². The summed E-state index contributed by atoms with van der Waals surface area (Å²) in [5.41, 5.74) is 1.16. The predicted octanol–water partition coefficient (Wildman–Crippen LogP) is 2.67. The molecule has 0 spiro atoms. The molecule has 0 aliphatic heterocycles. The molecule has 3 aromatic rings. The SMILES string of the molecule is O=C(NCCCn1ccnc1)[C@@H](Cc1ccccc1)n1cccc1. The van der Waals surface area contributed by atoms with E-state index < -0.39 is 0 Å². The number of rotatable bonds is 8.